The van der Waals surface area contributed by atoms with Gasteiger partial charge in [0.15, 0.2) is 0 Å². The van der Waals surface area contributed by atoms with Crippen molar-refractivity contribution in [1.29, 1.82) is 0 Å². The molecule has 0 saturated carbocycles. The lowest BCUT2D eigenvalue weighted by atomic mass is 10.1. The van der Waals surface area contributed by atoms with Gasteiger partial charge in [-0.2, -0.15) is 0 Å². The summed E-state index contributed by atoms with van der Waals surface area (Å²) < 4.78 is 11.9. The molecule has 0 radical (unpaired) electrons. The molecule has 110 valence electrons. The maximum atomic E-state index is 11.5. The molecular weight excluding hydrogens is 322 g/mol. The highest BCUT2D eigenvalue weighted by Gasteiger charge is 2.31. The molecule has 0 spiro atoms. The van der Waals surface area contributed by atoms with Gasteiger partial charge in [-0.1, -0.05) is 29.3 Å². The van der Waals surface area contributed by atoms with Gasteiger partial charge in [0.05, 0.1) is 7.11 Å². The third kappa shape index (κ3) is 3.73. The standard InChI is InChI=1S/C15H20BrNO3/c1-3-4-10-7-11(16)5-6-14(10)20-12-8-13(17-9-12)15(18)19-2/h5-7,12-13,17H,3-4,8-9H2,1-2H3/t12-,13+/m1/s1. The van der Waals surface area contributed by atoms with Crippen molar-refractivity contribution in [1.82, 2.24) is 5.32 Å². The maximum Gasteiger partial charge on any atom is 0.323 e. The number of carbonyl (C=O) groups is 1. The van der Waals surface area contributed by atoms with Crippen LogP contribution in [-0.2, 0) is 16.0 Å². The average molecular weight is 342 g/mol. The zero-order chi connectivity index (χ0) is 14.5. The van der Waals surface area contributed by atoms with Crippen molar-refractivity contribution in [3.8, 4) is 5.75 Å². The van der Waals surface area contributed by atoms with E-state index in [0.29, 0.717) is 13.0 Å². The summed E-state index contributed by atoms with van der Waals surface area (Å²) in [6, 6.07) is 5.81. The number of rotatable bonds is 5. The van der Waals surface area contributed by atoms with Gasteiger partial charge in [0.1, 0.15) is 17.9 Å². The summed E-state index contributed by atoms with van der Waals surface area (Å²) in [4.78, 5) is 11.5. The number of halogens is 1. The highest BCUT2D eigenvalue weighted by Crippen LogP contribution is 2.27. The molecule has 1 heterocycles. The van der Waals surface area contributed by atoms with Crippen LogP contribution in [0, 0.1) is 0 Å². The van der Waals surface area contributed by atoms with Gasteiger partial charge in [-0.05, 0) is 30.2 Å². The SMILES string of the molecule is CCCc1cc(Br)ccc1O[C@H]1CN[C@H](C(=O)OC)C1. The molecule has 0 unspecified atom stereocenters. The normalized spacial score (nSPS) is 21.8. The Kier molecular flexibility index (Phi) is 5.43. The Balaban J connectivity index is 2.02. The van der Waals surface area contributed by atoms with Crippen molar-refractivity contribution in [3.05, 3.63) is 28.2 Å². The van der Waals surface area contributed by atoms with E-state index in [2.05, 4.69) is 34.2 Å². The van der Waals surface area contributed by atoms with E-state index in [4.69, 9.17) is 9.47 Å². The Bertz CT molecular complexity index is 478. The Morgan fingerprint density at radius 2 is 2.30 bits per heavy atom. The Hall–Kier alpha value is -1.07. The van der Waals surface area contributed by atoms with E-state index in [-0.39, 0.29) is 18.1 Å². The van der Waals surface area contributed by atoms with Gasteiger partial charge in [0, 0.05) is 17.4 Å². The van der Waals surface area contributed by atoms with E-state index >= 15 is 0 Å². The number of carbonyl (C=O) groups excluding carboxylic acids is 1. The first-order chi connectivity index (χ1) is 9.63. The van der Waals surface area contributed by atoms with Crippen LogP contribution in [-0.4, -0.2) is 31.8 Å². The number of methoxy groups -OCH3 is 1. The number of nitrogens with one attached hydrogen (secondary N) is 1. The van der Waals surface area contributed by atoms with Crippen LogP contribution >= 0.6 is 15.9 Å². The number of hydrogen-bond acceptors (Lipinski definition) is 4. The van der Waals surface area contributed by atoms with Crippen molar-refractivity contribution in [3.63, 3.8) is 0 Å². The molecule has 0 aromatic heterocycles. The summed E-state index contributed by atoms with van der Waals surface area (Å²) in [6.45, 7) is 2.82. The van der Waals surface area contributed by atoms with Crippen LogP contribution in [0.2, 0.25) is 0 Å². The molecule has 20 heavy (non-hydrogen) atoms. The number of hydrogen-bond donors (Lipinski definition) is 1. The number of benzene rings is 1. The van der Waals surface area contributed by atoms with Crippen molar-refractivity contribution in [2.75, 3.05) is 13.7 Å². The van der Waals surface area contributed by atoms with Crippen LogP contribution in [0.4, 0.5) is 0 Å². The van der Waals surface area contributed by atoms with Crippen LogP contribution in [0.25, 0.3) is 0 Å². The van der Waals surface area contributed by atoms with E-state index in [9.17, 15) is 4.79 Å². The zero-order valence-corrected chi connectivity index (χ0v) is 13.4. The van der Waals surface area contributed by atoms with Crippen molar-refractivity contribution in [2.24, 2.45) is 0 Å². The Morgan fingerprint density at radius 1 is 1.50 bits per heavy atom. The molecule has 2 atom stereocenters. The fourth-order valence-electron chi connectivity index (χ4n) is 2.42. The largest absolute Gasteiger partial charge is 0.489 e. The van der Waals surface area contributed by atoms with Crippen LogP contribution in [0.1, 0.15) is 25.3 Å². The van der Waals surface area contributed by atoms with E-state index in [1.165, 1.54) is 12.7 Å². The fraction of sp³-hybridized carbons (Fsp3) is 0.533. The third-order valence-corrected chi connectivity index (χ3v) is 3.90. The van der Waals surface area contributed by atoms with Gasteiger partial charge < -0.3 is 14.8 Å². The second-order valence-corrected chi connectivity index (χ2v) is 5.88. The molecular formula is C15H20BrNO3. The smallest absolute Gasteiger partial charge is 0.323 e. The van der Waals surface area contributed by atoms with Crippen LogP contribution in [0.15, 0.2) is 22.7 Å². The maximum absolute atomic E-state index is 11.5. The summed E-state index contributed by atoms with van der Waals surface area (Å²) >= 11 is 3.49. The second-order valence-electron chi connectivity index (χ2n) is 4.96. The molecule has 2 rings (SSSR count). The summed E-state index contributed by atoms with van der Waals surface area (Å²) in [5.41, 5.74) is 1.20. The number of ether oxygens (including phenoxy) is 2. The van der Waals surface area contributed by atoms with Gasteiger partial charge in [-0.3, -0.25) is 4.79 Å². The highest BCUT2D eigenvalue weighted by atomic mass is 79.9. The topological polar surface area (TPSA) is 47.6 Å². The monoisotopic (exact) mass is 341 g/mol. The summed E-state index contributed by atoms with van der Waals surface area (Å²) in [5, 5.41) is 3.13. The minimum atomic E-state index is -0.255. The number of aryl methyl sites for hydroxylation is 1. The van der Waals surface area contributed by atoms with Gasteiger partial charge in [0.2, 0.25) is 0 Å². The molecule has 0 amide bonds. The molecule has 1 aromatic carbocycles. The highest BCUT2D eigenvalue weighted by molar-refractivity contribution is 9.10. The molecule has 5 heteroatoms. The summed E-state index contributed by atoms with van der Waals surface area (Å²) in [7, 11) is 1.41. The predicted molar refractivity (Wildman–Crippen MR) is 81.0 cm³/mol. The van der Waals surface area contributed by atoms with E-state index in [0.717, 1.165) is 23.1 Å². The van der Waals surface area contributed by atoms with Crippen LogP contribution in [0.5, 0.6) is 5.75 Å². The Labute approximate surface area is 128 Å². The molecule has 1 N–H and O–H groups in total. The first-order valence-electron chi connectivity index (χ1n) is 6.90. The van der Waals surface area contributed by atoms with Gasteiger partial charge in [0.25, 0.3) is 0 Å². The summed E-state index contributed by atoms with van der Waals surface area (Å²) in [5.74, 6) is 0.688. The molecule has 1 aliphatic heterocycles. The minimum absolute atomic E-state index is 0.0101. The molecule has 1 aromatic rings. The van der Waals surface area contributed by atoms with Crippen molar-refractivity contribution >= 4 is 21.9 Å². The Morgan fingerprint density at radius 3 is 3.00 bits per heavy atom. The zero-order valence-electron chi connectivity index (χ0n) is 11.8. The predicted octanol–water partition coefficient (Wildman–Crippen LogP) is 2.68. The molecule has 1 fully saturated rings. The molecule has 4 nitrogen and oxygen atoms in total. The van der Waals surface area contributed by atoms with E-state index < -0.39 is 0 Å². The molecule has 0 aliphatic carbocycles. The fourth-order valence-corrected chi connectivity index (χ4v) is 2.83. The second kappa shape index (κ2) is 7.09. The number of esters is 1. The van der Waals surface area contributed by atoms with E-state index in [1.54, 1.807) is 0 Å². The van der Waals surface area contributed by atoms with E-state index in [1.807, 2.05) is 12.1 Å². The van der Waals surface area contributed by atoms with Crippen LogP contribution in [0.3, 0.4) is 0 Å². The van der Waals surface area contributed by atoms with Crippen molar-refractivity contribution in [2.45, 2.75) is 38.3 Å². The molecule has 0 bridgehead atoms. The third-order valence-electron chi connectivity index (χ3n) is 3.41. The lowest BCUT2D eigenvalue weighted by Crippen LogP contribution is -2.31. The molecule has 1 saturated heterocycles. The quantitative estimate of drug-likeness (QED) is 0.836. The lowest BCUT2D eigenvalue weighted by molar-refractivity contribution is -0.142. The lowest BCUT2D eigenvalue weighted by Gasteiger charge is -2.16. The minimum Gasteiger partial charge on any atom is -0.489 e. The van der Waals surface area contributed by atoms with Crippen molar-refractivity contribution < 1.29 is 14.3 Å². The summed E-state index contributed by atoms with van der Waals surface area (Å²) in [6.07, 6.45) is 2.71. The average Bonchev–Trinajstić information content (AvgIpc) is 2.90. The van der Waals surface area contributed by atoms with Gasteiger partial charge in [-0.15, -0.1) is 0 Å². The van der Waals surface area contributed by atoms with Gasteiger partial charge in [-0.25, -0.2) is 0 Å². The van der Waals surface area contributed by atoms with Gasteiger partial charge >= 0.3 is 5.97 Å². The van der Waals surface area contributed by atoms with Crippen LogP contribution < -0.4 is 10.1 Å². The molecule has 1 aliphatic rings. The first kappa shape index (κ1) is 15.3. The first-order valence-corrected chi connectivity index (χ1v) is 7.69.